The van der Waals surface area contributed by atoms with E-state index in [1.54, 1.807) is 0 Å². The van der Waals surface area contributed by atoms with E-state index in [4.69, 9.17) is 4.74 Å². The van der Waals surface area contributed by atoms with Crippen LogP contribution in [0.3, 0.4) is 0 Å². The predicted octanol–water partition coefficient (Wildman–Crippen LogP) is 2.80. The predicted molar refractivity (Wildman–Crippen MR) is 80.7 cm³/mol. The molecule has 0 spiro atoms. The maximum Gasteiger partial charge on any atom is 0.0671 e. The number of nitrogens with one attached hydrogen (secondary N) is 1. The fourth-order valence-corrected chi connectivity index (χ4v) is 2.56. The molecule has 3 heteroatoms. The van der Waals surface area contributed by atoms with Crippen LogP contribution in [-0.4, -0.2) is 32.3 Å². The summed E-state index contributed by atoms with van der Waals surface area (Å²) in [6, 6.07) is 8.95. The Bertz CT molecular complexity index is 358. The second kappa shape index (κ2) is 7.51. The fraction of sp³-hybridized carbons (Fsp3) is 0.625. The van der Waals surface area contributed by atoms with Crippen molar-refractivity contribution in [3.63, 3.8) is 0 Å². The van der Waals surface area contributed by atoms with Gasteiger partial charge in [0.15, 0.2) is 0 Å². The van der Waals surface area contributed by atoms with Crippen LogP contribution in [0.25, 0.3) is 0 Å². The zero-order valence-corrected chi connectivity index (χ0v) is 12.2. The van der Waals surface area contributed by atoms with E-state index in [9.17, 15) is 0 Å². The Labute approximate surface area is 116 Å². The number of nitrogens with zero attached hydrogens (tertiary/aromatic N) is 1. The number of anilines is 1. The Balaban J connectivity index is 1.75. The van der Waals surface area contributed by atoms with Crippen LogP contribution in [0.15, 0.2) is 24.3 Å². The van der Waals surface area contributed by atoms with E-state index in [0.29, 0.717) is 0 Å². The van der Waals surface area contributed by atoms with Gasteiger partial charge < -0.3 is 15.0 Å². The van der Waals surface area contributed by atoms with Gasteiger partial charge in [-0.05, 0) is 44.4 Å². The van der Waals surface area contributed by atoms with Crippen LogP contribution in [0.4, 0.5) is 5.69 Å². The van der Waals surface area contributed by atoms with Gasteiger partial charge in [-0.2, -0.15) is 0 Å². The van der Waals surface area contributed by atoms with Gasteiger partial charge in [-0.25, -0.2) is 0 Å². The van der Waals surface area contributed by atoms with Gasteiger partial charge in [0.2, 0.25) is 0 Å². The summed E-state index contributed by atoms with van der Waals surface area (Å²) in [5.74, 6) is 0. The molecular weight excluding hydrogens is 236 g/mol. The number of ether oxygens (including phenoxy) is 1. The highest BCUT2D eigenvalue weighted by atomic mass is 16.5. The highest BCUT2D eigenvalue weighted by molar-refractivity contribution is 5.48. The second-order valence-electron chi connectivity index (χ2n) is 5.26. The van der Waals surface area contributed by atoms with Crippen molar-refractivity contribution in [1.29, 1.82) is 0 Å². The lowest BCUT2D eigenvalue weighted by Crippen LogP contribution is -2.26. The first-order valence-corrected chi connectivity index (χ1v) is 7.46. The molecule has 0 aromatic heterocycles. The standard InChI is InChI=1S/C16H26N2O/c1-3-19-14(2)12-17-13-15-6-8-16(9-7-15)18-10-4-5-11-18/h6-9,14,17H,3-5,10-13H2,1-2H3. The fourth-order valence-electron chi connectivity index (χ4n) is 2.56. The molecule has 1 fully saturated rings. The number of rotatable bonds is 7. The first-order valence-electron chi connectivity index (χ1n) is 7.46. The summed E-state index contributed by atoms with van der Waals surface area (Å²) in [5.41, 5.74) is 2.70. The largest absolute Gasteiger partial charge is 0.377 e. The van der Waals surface area contributed by atoms with Gasteiger partial charge in [0, 0.05) is 38.5 Å². The molecule has 1 atom stereocenters. The quantitative estimate of drug-likeness (QED) is 0.818. The van der Waals surface area contributed by atoms with E-state index in [0.717, 1.165) is 19.7 Å². The van der Waals surface area contributed by atoms with Gasteiger partial charge in [-0.15, -0.1) is 0 Å². The molecule has 1 aliphatic rings. The average Bonchev–Trinajstić information content (AvgIpc) is 2.94. The lowest BCUT2D eigenvalue weighted by atomic mass is 10.2. The van der Waals surface area contributed by atoms with Crippen LogP contribution in [0.1, 0.15) is 32.3 Å². The van der Waals surface area contributed by atoms with Gasteiger partial charge in [0.1, 0.15) is 0 Å². The Hall–Kier alpha value is -1.06. The zero-order chi connectivity index (χ0) is 13.5. The molecule has 0 saturated carbocycles. The normalized spacial score (nSPS) is 16.8. The molecule has 19 heavy (non-hydrogen) atoms. The van der Waals surface area contributed by atoms with Gasteiger partial charge in [0.05, 0.1) is 6.10 Å². The van der Waals surface area contributed by atoms with Crippen LogP contribution >= 0.6 is 0 Å². The first-order chi connectivity index (χ1) is 9.29. The van der Waals surface area contributed by atoms with Crippen molar-refractivity contribution in [2.24, 2.45) is 0 Å². The van der Waals surface area contributed by atoms with Crippen LogP contribution < -0.4 is 10.2 Å². The summed E-state index contributed by atoms with van der Waals surface area (Å²) in [7, 11) is 0. The Morgan fingerprint density at radius 3 is 2.53 bits per heavy atom. The summed E-state index contributed by atoms with van der Waals surface area (Å²) >= 11 is 0. The van der Waals surface area contributed by atoms with Crippen LogP contribution in [-0.2, 0) is 11.3 Å². The third kappa shape index (κ3) is 4.51. The van der Waals surface area contributed by atoms with E-state index in [1.165, 1.54) is 37.2 Å². The minimum absolute atomic E-state index is 0.286. The van der Waals surface area contributed by atoms with Gasteiger partial charge in [-0.1, -0.05) is 12.1 Å². The van der Waals surface area contributed by atoms with Crippen molar-refractivity contribution in [2.45, 2.75) is 39.3 Å². The molecule has 0 radical (unpaired) electrons. The molecule has 1 unspecified atom stereocenters. The van der Waals surface area contributed by atoms with Crippen LogP contribution in [0.2, 0.25) is 0 Å². The maximum atomic E-state index is 5.50. The van der Waals surface area contributed by atoms with Crippen LogP contribution in [0.5, 0.6) is 0 Å². The van der Waals surface area contributed by atoms with Gasteiger partial charge in [-0.3, -0.25) is 0 Å². The molecular formula is C16H26N2O. The first kappa shape index (κ1) is 14.4. The lowest BCUT2D eigenvalue weighted by molar-refractivity contribution is 0.0759. The Morgan fingerprint density at radius 1 is 1.21 bits per heavy atom. The van der Waals surface area contributed by atoms with Crippen molar-refractivity contribution >= 4 is 5.69 Å². The summed E-state index contributed by atoms with van der Waals surface area (Å²) in [5, 5.41) is 3.44. The molecule has 0 aliphatic carbocycles. The topological polar surface area (TPSA) is 24.5 Å². The van der Waals surface area contributed by atoms with E-state index in [-0.39, 0.29) is 6.10 Å². The lowest BCUT2D eigenvalue weighted by Gasteiger charge is -2.18. The SMILES string of the molecule is CCOC(C)CNCc1ccc(N2CCCC2)cc1. The second-order valence-corrected chi connectivity index (χ2v) is 5.26. The number of benzene rings is 1. The van der Waals surface area contributed by atoms with Crippen molar-refractivity contribution in [3.05, 3.63) is 29.8 Å². The maximum absolute atomic E-state index is 5.50. The molecule has 1 aromatic carbocycles. The Kier molecular flexibility index (Phi) is 5.67. The van der Waals surface area contributed by atoms with Gasteiger partial charge >= 0.3 is 0 Å². The molecule has 1 aliphatic heterocycles. The average molecular weight is 262 g/mol. The third-order valence-electron chi connectivity index (χ3n) is 3.62. The van der Waals surface area contributed by atoms with Crippen molar-refractivity contribution in [2.75, 3.05) is 31.1 Å². The Morgan fingerprint density at radius 2 is 1.89 bits per heavy atom. The van der Waals surface area contributed by atoms with E-state index in [1.807, 2.05) is 6.92 Å². The molecule has 3 nitrogen and oxygen atoms in total. The highest BCUT2D eigenvalue weighted by Gasteiger charge is 2.11. The number of hydrogen-bond donors (Lipinski definition) is 1. The van der Waals surface area contributed by atoms with E-state index in [2.05, 4.69) is 41.4 Å². The summed E-state index contributed by atoms with van der Waals surface area (Å²) < 4.78 is 5.50. The summed E-state index contributed by atoms with van der Waals surface area (Å²) in [4.78, 5) is 2.47. The molecule has 1 heterocycles. The minimum Gasteiger partial charge on any atom is -0.377 e. The van der Waals surface area contributed by atoms with Crippen molar-refractivity contribution in [3.8, 4) is 0 Å². The van der Waals surface area contributed by atoms with Crippen molar-refractivity contribution in [1.82, 2.24) is 5.32 Å². The molecule has 1 aromatic rings. The smallest absolute Gasteiger partial charge is 0.0671 e. The summed E-state index contributed by atoms with van der Waals surface area (Å²) in [6.07, 6.45) is 2.95. The minimum atomic E-state index is 0.286. The monoisotopic (exact) mass is 262 g/mol. The zero-order valence-electron chi connectivity index (χ0n) is 12.2. The highest BCUT2D eigenvalue weighted by Crippen LogP contribution is 2.20. The molecule has 2 rings (SSSR count). The van der Waals surface area contributed by atoms with Crippen molar-refractivity contribution < 1.29 is 4.74 Å². The third-order valence-corrected chi connectivity index (χ3v) is 3.62. The molecule has 1 saturated heterocycles. The van der Waals surface area contributed by atoms with E-state index < -0.39 is 0 Å². The van der Waals surface area contributed by atoms with E-state index >= 15 is 0 Å². The molecule has 106 valence electrons. The molecule has 0 bridgehead atoms. The number of hydrogen-bond acceptors (Lipinski definition) is 3. The molecule has 1 N–H and O–H groups in total. The molecule has 0 amide bonds. The van der Waals surface area contributed by atoms with Gasteiger partial charge in [0.25, 0.3) is 0 Å². The summed E-state index contributed by atoms with van der Waals surface area (Å²) in [6.45, 7) is 9.17. The van der Waals surface area contributed by atoms with Crippen LogP contribution in [0, 0.1) is 0 Å².